The molecule has 0 saturated carbocycles. The van der Waals surface area contributed by atoms with E-state index in [0.717, 1.165) is 24.5 Å². The van der Waals surface area contributed by atoms with Crippen molar-refractivity contribution in [3.8, 4) is 5.75 Å². The minimum atomic E-state index is -0.408. The maximum Gasteiger partial charge on any atom is 0.259 e. The van der Waals surface area contributed by atoms with Gasteiger partial charge in [0.15, 0.2) is 0 Å². The Morgan fingerprint density at radius 1 is 0.875 bits per heavy atom. The van der Waals surface area contributed by atoms with Gasteiger partial charge in [-0.1, -0.05) is 24.3 Å². The van der Waals surface area contributed by atoms with Crippen LogP contribution in [0.2, 0.25) is 0 Å². The third-order valence-corrected chi connectivity index (χ3v) is 5.78. The van der Waals surface area contributed by atoms with Crippen molar-refractivity contribution in [1.29, 1.82) is 0 Å². The van der Waals surface area contributed by atoms with Crippen LogP contribution in [0, 0.1) is 0 Å². The number of carbonyl (C=O) groups is 2. The van der Waals surface area contributed by atoms with Gasteiger partial charge < -0.3 is 20.2 Å². The van der Waals surface area contributed by atoms with Gasteiger partial charge in [0.2, 0.25) is 0 Å². The third-order valence-electron chi connectivity index (χ3n) is 5.78. The topological polar surface area (TPSA) is 72.9 Å². The third kappa shape index (κ3) is 4.59. The summed E-state index contributed by atoms with van der Waals surface area (Å²) in [5.41, 5.74) is 3.24. The molecule has 1 aliphatic heterocycles. The summed E-state index contributed by atoms with van der Waals surface area (Å²) >= 11 is 0. The van der Waals surface area contributed by atoms with Gasteiger partial charge in [0.25, 0.3) is 11.8 Å². The molecule has 3 aromatic rings. The number of phenolic OH excluding ortho intramolecular Hbond substituents is 1. The zero-order valence-corrected chi connectivity index (χ0v) is 18.1. The number of aromatic hydroxyl groups is 1. The first-order valence-electron chi connectivity index (χ1n) is 10.9. The number of phenols is 1. The summed E-state index contributed by atoms with van der Waals surface area (Å²) in [5, 5.41) is 12.6. The minimum Gasteiger partial charge on any atom is -0.507 e. The van der Waals surface area contributed by atoms with Crippen molar-refractivity contribution in [3.63, 3.8) is 0 Å². The monoisotopic (exact) mass is 429 g/mol. The molecule has 6 heteroatoms. The summed E-state index contributed by atoms with van der Waals surface area (Å²) in [5.74, 6) is -0.603. The number of hydrogen-bond donors (Lipinski definition) is 2. The summed E-state index contributed by atoms with van der Waals surface area (Å²) in [6.45, 7) is 2.01. The Balaban J connectivity index is 1.48. The van der Waals surface area contributed by atoms with Crippen LogP contribution in [0.25, 0.3) is 0 Å². The van der Waals surface area contributed by atoms with E-state index in [1.54, 1.807) is 54.4 Å². The van der Waals surface area contributed by atoms with E-state index in [9.17, 15) is 14.7 Å². The molecule has 0 atom stereocenters. The van der Waals surface area contributed by atoms with Gasteiger partial charge in [0.1, 0.15) is 5.75 Å². The maximum atomic E-state index is 13.2. The predicted molar refractivity (Wildman–Crippen MR) is 128 cm³/mol. The van der Waals surface area contributed by atoms with Gasteiger partial charge in [-0.25, -0.2) is 0 Å². The van der Waals surface area contributed by atoms with Gasteiger partial charge in [0, 0.05) is 31.4 Å². The summed E-state index contributed by atoms with van der Waals surface area (Å²) in [4.78, 5) is 29.6. The zero-order chi connectivity index (χ0) is 22.5. The first kappa shape index (κ1) is 21.4. The standard InChI is InChI=1S/C26H27N3O3/c1-28(22-10-4-5-11-23(22)29-17-7-2-8-18-29)26(32)19-13-15-20(16-14-19)27-25(31)21-9-3-6-12-24(21)30/h3-6,9-16,30H,2,7-8,17-18H2,1H3,(H,27,31). The second-order valence-corrected chi connectivity index (χ2v) is 7.95. The van der Waals surface area contributed by atoms with Gasteiger partial charge in [-0.05, 0) is 67.8 Å². The molecule has 1 fully saturated rings. The quantitative estimate of drug-likeness (QED) is 0.604. The molecule has 0 aliphatic carbocycles. The van der Waals surface area contributed by atoms with Crippen LogP contribution in [-0.2, 0) is 0 Å². The largest absolute Gasteiger partial charge is 0.507 e. The van der Waals surface area contributed by atoms with Crippen LogP contribution < -0.4 is 15.1 Å². The molecule has 0 unspecified atom stereocenters. The molecule has 4 rings (SSSR count). The van der Waals surface area contributed by atoms with Gasteiger partial charge in [-0.15, -0.1) is 0 Å². The van der Waals surface area contributed by atoms with Crippen LogP contribution in [-0.4, -0.2) is 37.1 Å². The molecule has 0 bridgehead atoms. The van der Waals surface area contributed by atoms with E-state index in [4.69, 9.17) is 0 Å². The van der Waals surface area contributed by atoms with Gasteiger partial charge in [-0.3, -0.25) is 9.59 Å². The lowest BCUT2D eigenvalue weighted by Crippen LogP contribution is -2.33. The highest BCUT2D eigenvalue weighted by molar-refractivity contribution is 6.08. The molecule has 2 N–H and O–H groups in total. The fourth-order valence-electron chi connectivity index (χ4n) is 4.01. The van der Waals surface area contributed by atoms with E-state index in [1.165, 1.54) is 25.3 Å². The number of rotatable bonds is 5. The maximum absolute atomic E-state index is 13.2. The van der Waals surface area contributed by atoms with Gasteiger partial charge in [-0.2, -0.15) is 0 Å². The van der Waals surface area contributed by atoms with Crippen molar-refractivity contribution in [3.05, 3.63) is 83.9 Å². The van der Waals surface area contributed by atoms with E-state index in [-0.39, 0.29) is 17.2 Å². The van der Waals surface area contributed by atoms with Crippen LogP contribution in [0.4, 0.5) is 17.1 Å². The van der Waals surface area contributed by atoms with Crippen LogP contribution in [0.5, 0.6) is 5.75 Å². The Hall–Kier alpha value is -3.80. The number of para-hydroxylation sites is 3. The van der Waals surface area contributed by atoms with Crippen molar-refractivity contribution in [2.75, 3.05) is 35.3 Å². The van der Waals surface area contributed by atoms with Crippen LogP contribution in [0.3, 0.4) is 0 Å². The van der Waals surface area contributed by atoms with E-state index in [1.807, 2.05) is 18.2 Å². The first-order valence-corrected chi connectivity index (χ1v) is 10.9. The molecular weight excluding hydrogens is 402 g/mol. The summed E-state index contributed by atoms with van der Waals surface area (Å²) in [6.07, 6.45) is 3.58. The van der Waals surface area contributed by atoms with E-state index < -0.39 is 5.91 Å². The minimum absolute atomic E-state index is 0.0780. The zero-order valence-electron chi connectivity index (χ0n) is 18.1. The Labute approximate surface area is 188 Å². The fraction of sp³-hybridized carbons (Fsp3) is 0.231. The van der Waals surface area contributed by atoms with Crippen molar-refractivity contribution < 1.29 is 14.7 Å². The average molecular weight is 430 g/mol. The molecule has 2 amide bonds. The average Bonchev–Trinajstić information content (AvgIpc) is 2.84. The van der Waals surface area contributed by atoms with Crippen molar-refractivity contribution in [1.82, 2.24) is 0 Å². The molecule has 6 nitrogen and oxygen atoms in total. The van der Waals surface area contributed by atoms with Gasteiger partial charge >= 0.3 is 0 Å². The Kier molecular flexibility index (Phi) is 6.40. The SMILES string of the molecule is CN(C(=O)c1ccc(NC(=O)c2ccccc2O)cc1)c1ccccc1N1CCCCC1. The van der Waals surface area contributed by atoms with Crippen LogP contribution in [0.15, 0.2) is 72.8 Å². The second kappa shape index (κ2) is 9.56. The van der Waals surface area contributed by atoms with Crippen LogP contribution in [0.1, 0.15) is 40.0 Å². The molecule has 0 radical (unpaired) electrons. The normalized spacial score (nSPS) is 13.5. The molecule has 0 spiro atoms. The Bertz CT molecular complexity index is 1110. The summed E-state index contributed by atoms with van der Waals surface area (Å²) < 4.78 is 0. The summed E-state index contributed by atoms with van der Waals surface area (Å²) in [7, 11) is 1.79. The lowest BCUT2D eigenvalue weighted by Gasteiger charge is -2.32. The Morgan fingerprint density at radius 3 is 2.25 bits per heavy atom. The molecule has 1 heterocycles. The Morgan fingerprint density at radius 2 is 1.53 bits per heavy atom. The molecule has 32 heavy (non-hydrogen) atoms. The second-order valence-electron chi connectivity index (χ2n) is 7.95. The van der Waals surface area contributed by atoms with Gasteiger partial charge in [0.05, 0.1) is 16.9 Å². The lowest BCUT2D eigenvalue weighted by atomic mass is 10.1. The van der Waals surface area contributed by atoms with E-state index in [2.05, 4.69) is 16.3 Å². The smallest absolute Gasteiger partial charge is 0.259 e. The number of benzene rings is 3. The number of anilines is 3. The predicted octanol–water partition coefficient (Wildman–Crippen LogP) is 4.91. The van der Waals surface area contributed by atoms with Crippen LogP contribution >= 0.6 is 0 Å². The van der Waals surface area contributed by atoms with E-state index >= 15 is 0 Å². The number of carbonyl (C=O) groups excluding carboxylic acids is 2. The number of hydrogen-bond acceptors (Lipinski definition) is 4. The number of nitrogens with one attached hydrogen (secondary N) is 1. The lowest BCUT2D eigenvalue weighted by molar-refractivity contribution is 0.0991. The fourth-order valence-corrected chi connectivity index (χ4v) is 4.01. The van der Waals surface area contributed by atoms with Crippen molar-refractivity contribution >= 4 is 28.9 Å². The number of nitrogens with zero attached hydrogens (tertiary/aromatic N) is 2. The molecule has 3 aromatic carbocycles. The first-order chi connectivity index (χ1) is 15.5. The highest BCUT2D eigenvalue weighted by atomic mass is 16.3. The molecular formula is C26H27N3O3. The summed E-state index contributed by atoms with van der Waals surface area (Å²) in [6, 6.07) is 21.1. The van der Waals surface area contributed by atoms with Crippen molar-refractivity contribution in [2.24, 2.45) is 0 Å². The molecule has 164 valence electrons. The molecule has 1 saturated heterocycles. The molecule has 0 aromatic heterocycles. The molecule has 1 aliphatic rings. The number of piperidine rings is 1. The highest BCUT2D eigenvalue weighted by Gasteiger charge is 2.20. The van der Waals surface area contributed by atoms with E-state index in [0.29, 0.717) is 11.3 Å². The van der Waals surface area contributed by atoms with Crippen molar-refractivity contribution in [2.45, 2.75) is 19.3 Å². The highest BCUT2D eigenvalue weighted by Crippen LogP contribution is 2.31. The number of amides is 2.